The molecule has 0 unspecified atom stereocenters. The van der Waals surface area contributed by atoms with Crippen LogP contribution < -0.4 is 0 Å². The van der Waals surface area contributed by atoms with E-state index < -0.39 is 10.3 Å². The Morgan fingerprint density at radius 2 is 1.82 bits per heavy atom. The standard InChI is InChI=1S/C12H25NO3S/c1-12(2,3)17(4,5)16-10-11(14)13-6-8-15-9-7-13/h6-10H2,1-5H3. The molecule has 0 radical (unpaired) electrons. The zero-order valence-electron chi connectivity index (χ0n) is 11.6. The summed E-state index contributed by atoms with van der Waals surface area (Å²) in [7, 11) is -1.21. The molecule has 0 atom stereocenters. The smallest absolute Gasteiger partial charge is 0.249 e. The van der Waals surface area contributed by atoms with Crippen LogP contribution in [0.1, 0.15) is 20.8 Å². The molecule has 0 aromatic carbocycles. The van der Waals surface area contributed by atoms with Crippen LogP contribution in [0, 0.1) is 0 Å². The van der Waals surface area contributed by atoms with Crippen LogP contribution in [0.15, 0.2) is 0 Å². The number of hydrogen-bond donors (Lipinski definition) is 0. The third kappa shape index (κ3) is 4.16. The quantitative estimate of drug-likeness (QED) is 0.777. The highest BCUT2D eigenvalue weighted by atomic mass is 32.3. The van der Waals surface area contributed by atoms with Crippen molar-refractivity contribution < 1.29 is 13.7 Å². The molecule has 1 amide bonds. The van der Waals surface area contributed by atoms with Crippen LogP contribution in [0.2, 0.25) is 0 Å². The fourth-order valence-electron chi connectivity index (χ4n) is 1.28. The van der Waals surface area contributed by atoms with Crippen molar-refractivity contribution in [2.24, 2.45) is 0 Å². The van der Waals surface area contributed by atoms with Crippen LogP contribution in [0.5, 0.6) is 0 Å². The Labute approximate surface area is 106 Å². The van der Waals surface area contributed by atoms with Gasteiger partial charge in [-0.15, -0.1) is 10.3 Å². The Morgan fingerprint density at radius 1 is 1.29 bits per heavy atom. The number of rotatable bonds is 3. The van der Waals surface area contributed by atoms with Gasteiger partial charge >= 0.3 is 0 Å². The summed E-state index contributed by atoms with van der Waals surface area (Å²) in [5, 5.41) is 0. The third-order valence-electron chi connectivity index (χ3n) is 3.32. The number of carbonyl (C=O) groups is 1. The Hall–Kier alpha value is -0.260. The number of ether oxygens (including phenoxy) is 1. The average Bonchev–Trinajstić information content (AvgIpc) is 2.25. The third-order valence-corrected chi connectivity index (χ3v) is 6.97. The van der Waals surface area contributed by atoms with Gasteiger partial charge in [0.2, 0.25) is 5.91 Å². The van der Waals surface area contributed by atoms with E-state index in [0.717, 1.165) is 0 Å². The molecule has 1 aliphatic heterocycles. The van der Waals surface area contributed by atoms with Crippen molar-refractivity contribution in [3.8, 4) is 0 Å². The summed E-state index contributed by atoms with van der Waals surface area (Å²) in [6, 6.07) is 0. The highest BCUT2D eigenvalue weighted by Crippen LogP contribution is 2.53. The fraction of sp³-hybridized carbons (Fsp3) is 0.917. The topological polar surface area (TPSA) is 38.8 Å². The molecule has 1 aliphatic rings. The van der Waals surface area contributed by atoms with E-state index in [0.29, 0.717) is 26.3 Å². The molecule has 0 bridgehead atoms. The molecule has 4 nitrogen and oxygen atoms in total. The first-order valence-corrected chi connectivity index (χ1v) is 8.34. The molecule has 1 heterocycles. The van der Waals surface area contributed by atoms with Gasteiger partial charge in [0.05, 0.1) is 13.2 Å². The maximum atomic E-state index is 11.9. The zero-order valence-corrected chi connectivity index (χ0v) is 12.4. The molecule has 0 spiro atoms. The first-order chi connectivity index (χ1) is 7.74. The molecular weight excluding hydrogens is 238 g/mol. The molecule has 0 aromatic heterocycles. The first kappa shape index (κ1) is 14.8. The van der Waals surface area contributed by atoms with E-state index in [1.54, 1.807) is 0 Å². The normalized spacial score (nSPS) is 19.2. The van der Waals surface area contributed by atoms with E-state index in [2.05, 4.69) is 33.3 Å². The number of hydrogen-bond acceptors (Lipinski definition) is 3. The Bertz CT molecular complexity index is 267. The lowest BCUT2D eigenvalue weighted by molar-refractivity contribution is -0.137. The summed E-state index contributed by atoms with van der Waals surface area (Å²) < 4.78 is 11.2. The predicted molar refractivity (Wildman–Crippen MR) is 72.5 cm³/mol. The number of amides is 1. The van der Waals surface area contributed by atoms with Crippen molar-refractivity contribution in [3.05, 3.63) is 0 Å². The van der Waals surface area contributed by atoms with Gasteiger partial charge in [0, 0.05) is 17.8 Å². The van der Waals surface area contributed by atoms with E-state index in [1.807, 2.05) is 4.90 Å². The van der Waals surface area contributed by atoms with Gasteiger partial charge in [0.15, 0.2) is 0 Å². The van der Waals surface area contributed by atoms with Gasteiger partial charge < -0.3 is 13.8 Å². The molecule has 0 saturated carbocycles. The number of morpholine rings is 1. The minimum atomic E-state index is -1.21. The Balaban J connectivity index is 2.42. The first-order valence-electron chi connectivity index (χ1n) is 5.97. The van der Waals surface area contributed by atoms with Gasteiger partial charge in [-0.1, -0.05) is 20.8 Å². The highest BCUT2D eigenvalue weighted by Gasteiger charge is 2.30. The van der Waals surface area contributed by atoms with Gasteiger partial charge in [-0.3, -0.25) is 4.79 Å². The minimum Gasteiger partial charge on any atom is -0.378 e. The monoisotopic (exact) mass is 263 g/mol. The largest absolute Gasteiger partial charge is 0.378 e. The Kier molecular flexibility index (Phi) is 4.86. The van der Waals surface area contributed by atoms with Crippen molar-refractivity contribution in [3.63, 3.8) is 0 Å². The second-order valence-corrected chi connectivity index (χ2v) is 9.53. The van der Waals surface area contributed by atoms with E-state index in [4.69, 9.17) is 8.92 Å². The summed E-state index contributed by atoms with van der Waals surface area (Å²) in [6.07, 6.45) is 4.22. The van der Waals surface area contributed by atoms with Gasteiger partial charge in [-0.2, -0.15) is 0 Å². The van der Waals surface area contributed by atoms with Crippen molar-refractivity contribution in [2.45, 2.75) is 25.5 Å². The van der Waals surface area contributed by atoms with E-state index in [9.17, 15) is 4.79 Å². The lowest BCUT2D eigenvalue weighted by Gasteiger charge is -2.43. The summed E-state index contributed by atoms with van der Waals surface area (Å²) in [5.74, 6) is 0.0816. The summed E-state index contributed by atoms with van der Waals surface area (Å²) in [6.45, 7) is 9.31. The van der Waals surface area contributed by atoms with Crippen LogP contribution in [-0.2, 0) is 13.7 Å². The summed E-state index contributed by atoms with van der Waals surface area (Å²) in [5.41, 5.74) is 0. The molecule has 0 aliphatic carbocycles. The predicted octanol–water partition coefficient (Wildman–Crippen LogP) is 1.64. The second kappa shape index (κ2) is 5.59. The average molecular weight is 263 g/mol. The van der Waals surface area contributed by atoms with Gasteiger partial charge in [-0.05, 0) is 12.5 Å². The fourth-order valence-corrected chi connectivity index (χ4v) is 2.03. The minimum absolute atomic E-state index is 0.0816. The van der Waals surface area contributed by atoms with Gasteiger partial charge in [0.25, 0.3) is 0 Å². The van der Waals surface area contributed by atoms with Crippen molar-refractivity contribution in [1.82, 2.24) is 4.90 Å². The molecule has 1 saturated heterocycles. The number of nitrogens with zero attached hydrogens (tertiary/aromatic N) is 1. The maximum absolute atomic E-state index is 11.9. The molecule has 102 valence electrons. The zero-order chi connectivity index (χ0) is 13.1. The van der Waals surface area contributed by atoms with Crippen molar-refractivity contribution >= 4 is 16.2 Å². The maximum Gasteiger partial charge on any atom is 0.249 e. The van der Waals surface area contributed by atoms with Gasteiger partial charge in [0.1, 0.15) is 6.61 Å². The highest BCUT2D eigenvalue weighted by molar-refractivity contribution is 8.29. The van der Waals surface area contributed by atoms with Crippen LogP contribution in [0.25, 0.3) is 0 Å². The second-order valence-electron chi connectivity index (χ2n) is 5.60. The van der Waals surface area contributed by atoms with Crippen molar-refractivity contribution in [1.29, 1.82) is 0 Å². The summed E-state index contributed by atoms with van der Waals surface area (Å²) in [4.78, 5) is 13.8. The lowest BCUT2D eigenvalue weighted by Crippen LogP contribution is -2.43. The SMILES string of the molecule is CC(C)(C)S(C)(C)OCC(=O)N1CCOCC1. The molecule has 1 rings (SSSR count). The molecular formula is C12H25NO3S. The van der Waals surface area contributed by atoms with Gasteiger partial charge in [-0.25, -0.2) is 0 Å². The van der Waals surface area contributed by atoms with Crippen LogP contribution in [0.4, 0.5) is 0 Å². The van der Waals surface area contributed by atoms with E-state index in [1.165, 1.54) is 0 Å². The molecule has 5 heteroatoms. The van der Waals surface area contributed by atoms with E-state index >= 15 is 0 Å². The summed E-state index contributed by atoms with van der Waals surface area (Å²) >= 11 is 0. The molecule has 0 N–H and O–H groups in total. The molecule has 0 aromatic rings. The van der Waals surface area contributed by atoms with Crippen LogP contribution in [-0.4, -0.2) is 61.0 Å². The molecule has 17 heavy (non-hydrogen) atoms. The number of carbonyl (C=O) groups excluding carboxylic acids is 1. The van der Waals surface area contributed by atoms with Crippen molar-refractivity contribution in [2.75, 3.05) is 45.4 Å². The Morgan fingerprint density at radius 3 is 2.29 bits per heavy atom. The van der Waals surface area contributed by atoms with Crippen LogP contribution in [0.3, 0.4) is 0 Å². The lowest BCUT2D eigenvalue weighted by atomic mass is 10.3. The molecule has 1 fully saturated rings. The van der Waals surface area contributed by atoms with Crippen LogP contribution >= 0.6 is 10.3 Å². The van der Waals surface area contributed by atoms with E-state index in [-0.39, 0.29) is 17.3 Å².